The highest BCUT2D eigenvalue weighted by Gasteiger charge is 2.30. The van der Waals surface area contributed by atoms with Gasteiger partial charge in [-0.1, -0.05) is 28.1 Å². The van der Waals surface area contributed by atoms with E-state index >= 15 is 0 Å². The van der Waals surface area contributed by atoms with Crippen LogP contribution >= 0.6 is 15.9 Å². The van der Waals surface area contributed by atoms with E-state index in [1.54, 1.807) is 18.2 Å². The molecule has 0 aliphatic carbocycles. The summed E-state index contributed by atoms with van der Waals surface area (Å²) in [6.07, 6.45) is -1.29. The quantitative estimate of drug-likeness (QED) is 0.839. The maximum absolute atomic E-state index is 13.8. The van der Waals surface area contributed by atoms with Crippen molar-refractivity contribution in [3.8, 4) is 5.75 Å². The predicted octanol–water partition coefficient (Wildman–Crippen LogP) is 4.28. The first kappa shape index (κ1) is 13.5. The number of aliphatic hydroxyl groups excluding tert-OH is 1. The van der Waals surface area contributed by atoms with Crippen molar-refractivity contribution < 1.29 is 18.6 Å². The van der Waals surface area contributed by atoms with Gasteiger partial charge in [-0.3, -0.25) is 0 Å². The minimum absolute atomic E-state index is 0.123. The third-order valence-corrected chi connectivity index (χ3v) is 3.86. The second-order valence-corrected chi connectivity index (χ2v) is 5.60. The molecule has 20 heavy (non-hydrogen) atoms. The second-order valence-electron chi connectivity index (χ2n) is 4.68. The molecule has 0 saturated carbocycles. The normalized spacial score (nSPS) is 21.2. The third-order valence-electron chi connectivity index (χ3n) is 3.37. The molecule has 2 atom stereocenters. The van der Waals surface area contributed by atoms with Gasteiger partial charge in [0, 0.05) is 22.0 Å². The van der Waals surface area contributed by atoms with Crippen molar-refractivity contribution in [2.75, 3.05) is 0 Å². The first-order valence-corrected chi connectivity index (χ1v) is 6.93. The number of hydrogen-bond donors (Lipinski definition) is 1. The molecule has 0 radical (unpaired) electrons. The number of aliphatic hydroxyl groups is 1. The Morgan fingerprint density at radius 3 is 2.75 bits per heavy atom. The summed E-state index contributed by atoms with van der Waals surface area (Å²) in [6, 6.07) is 9.20. The first-order chi connectivity index (χ1) is 9.56. The number of ether oxygens (including phenoxy) is 1. The van der Waals surface area contributed by atoms with Gasteiger partial charge >= 0.3 is 0 Å². The molecule has 0 bridgehead atoms. The lowest BCUT2D eigenvalue weighted by atomic mass is 9.95. The van der Waals surface area contributed by atoms with Gasteiger partial charge in [-0.15, -0.1) is 0 Å². The van der Waals surface area contributed by atoms with Gasteiger partial charge in [-0.05, 0) is 24.3 Å². The standard InChI is InChI=1S/C15H11BrF2O2/c16-8-4-5-13-10(6-8)12(19)7-14(20-13)9-2-1-3-11(17)15(9)18/h1-6,12,14,19H,7H2/t12-,14?/m0/s1. The third kappa shape index (κ3) is 2.31. The molecular weight excluding hydrogens is 330 g/mol. The minimum atomic E-state index is -0.926. The first-order valence-electron chi connectivity index (χ1n) is 6.14. The Morgan fingerprint density at radius 1 is 1.15 bits per heavy atom. The topological polar surface area (TPSA) is 29.5 Å². The van der Waals surface area contributed by atoms with Crippen LogP contribution in [-0.4, -0.2) is 5.11 Å². The van der Waals surface area contributed by atoms with Gasteiger partial charge in [-0.25, -0.2) is 8.78 Å². The Hall–Kier alpha value is -1.46. The van der Waals surface area contributed by atoms with Gasteiger partial charge in [0.25, 0.3) is 0 Å². The SMILES string of the molecule is O[C@H]1CC(c2cccc(F)c2F)Oc2ccc(Br)cc21. The molecule has 2 aromatic rings. The van der Waals surface area contributed by atoms with Crippen molar-refractivity contribution in [2.24, 2.45) is 0 Å². The number of hydrogen-bond acceptors (Lipinski definition) is 2. The highest BCUT2D eigenvalue weighted by molar-refractivity contribution is 9.10. The van der Waals surface area contributed by atoms with Gasteiger partial charge in [0.15, 0.2) is 11.6 Å². The number of rotatable bonds is 1. The number of benzene rings is 2. The van der Waals surface area contributed by atoms with E-state index in [1.165, 1.54) is 12.1 Å². The molecule has 1 aliphatic heterocycles. The Kier molecular flexibility index (Phi) is 3.48. The van der Waals surface area contributed by atoms with Crippen molar-refractivity contribution >= 4 is 15.9 Å². The lowest BCUT2D eigenvalue weighted by molar-refractivity contribution is 0.0636. The van der Waals surface area contributed by atoms with E-state index in [1.807, 2.05) is 0 Å². The van der Waals surface area contributed by atoms with Crippen LogP contribution in [0.3, 0.4) is 0 Å². The molecule has 0 aromatic heterocycles. The summed E-state index contributed by atoms with van der Waals surface area (Å²) < 4.78 is 33.6. The summed E-state index contributed by atoms with van der Waals surface area (Å²) in [4.78, 5) is 0. The molecular formula is C15H11BrF2O2. The maximum Gasteiger partial charge on any atom is 0.165 e. The fourth-order valence-corrected chi connectivity index (χ4v) is 2.76. The van der Waals surface area contributed by atoms with Crippen LogP contribution in [-0.2, 0) is 0 Å². The summed E-state index contributed by atoms with van der Waals surface area (Å²) >= 11 is 3.32. The highest BCUT2D eigenvalue weighted by atomic mass is 79.9. The lowest BCUT2D eigenvalue weighted by Crippen LogP contribution is -2.20. The molecule has 0 fully saturated rings. The number of fused-ring (bicyclic) bond motifs is 1. The zero-order chi connectivity index (χ0) is 14.3. The Morgan fingerprint density at radius 2 is 1.95 bits per heavy atom. The van der Waals surface area contributed by atoms with Crippen LogP contribution in [0.25, 0.3) is 0 Å². The summed E-state index contributed by atoms with van der Waals surface area (Å²) in [6.45, 7) is 0. The van der Waals surface area contributed by atoms with Gasteiger partial charge in [0.1, 0.15) is 11.9 Å². The Labute approximate surface area is 123 Å². The Balaban J connectivity index is 1.99. The molecule has 1 N–H and O–H groups in total. The summed E-state index contributed by atoms with van der Waals surface area (Å²) in [7, 11) is 0. The molecule has 5 heteroatoms. The van der Waals surface area contributed by atoms with Gasteiger partial charge in [-0.2, -0.15) is 0 Å². The van der Waals surface area contributed by atoms with Crippen LogP contribution < -0.4 is 4.74 Å². The summed E-state index contributed by atoms with van der Waals surface area (Å²) in [5.74, 6) is -1.35. The van der Waals surface area contributed by atoms with Crippen LogP contribution in [0.15, 0.2) is 40.9 Å². The largest absolute Gasteiger partial charge is 0.485 e. The van der Waals surface area contributed by atoms with Crippen LogP contribution in [0.5, 0.6) is 5.75 Å². The zero-order valence-electron chi connectivity index (χ0n) is 10.3. The molecule has 0 spiro atoms. The van der Waals surface area contributed by atoms with Crippen LogP contribution in [0.2, 0.25) is 0 Å². The van der Waals surface area contributed by atoms with E-state index in [0.29, 0.717) is 11.3 Å². The predicted molar refractivity (Wildman–Crippen MR) is 73.4 cm³/mol. The fraction of sp³-hybridized carbons (Fsp3) is 0.200. The van der Waals surface area contributed by atoms with E-state index in [2.05, 4.69) is 15.9 Å². The molecule has 0 amide bonds. The van der Waals surface area contributed by atoms with Crippen LogP contribution in [0.1, 0.15) is 29.8 Å². The molecule has 104 valence electrons. The van der Waals surface area contributed by atoms with E-state index in [0.717, 1.165) is 10.5 Å². The monoisotopic (exact) mass is 340 g/mol. The molecule has 1 aliphatic rings. The van der Waals surface area contributed by atoms with Crippen molar-refractivity contribution in [1.29, 1.82) is 0 Å². The minimum Gasteiger partial charge on any atom is -0.485 e. The van der Waals surface area contributed by atoms with Crippen molar-refractivity contribution in [3.05, 3.63) is 63.6 Å². The smallest absolute Gasteiger partial charge is 0.165 e. The van der Waals surface area contributed by atoms with Gasteiger partial charge in [0.05, 0.1) is 6.10 Å². The molecule has 2 aromatic carbocycles. The van der Waals surface area contributed by atoms with Crippen LogP contribution in [0.4, 0.5) is 8.78 Å². The molecule has 0 saturated heterocycles. The van der Waals surface area contributed by atoms with E-state index in [4.69, 9.17) is 4.74 Å². The van der Waals surface area contributed by atoms with Crippen molar-refractivity contribution in [2.45, 2.75) is 18.6 Å². The average Bonchev–Trinajstić information content (AvgIpc) is 2.42. The van der Waals surface area contributed by atoms with Crippen LogP contribution in [0, 0.1) is 11.6 Å². The second kappa shape index (κ2) is 5.14. The molecule has 1 heterocycles. The fourth-order valence-electron chi connectivity index (χ4n) is 2.38. The summed E-state index contributed by atoms with van der Waals surface area (Å²) in [5.41, 5.74) is 0.769. The van der Waals surface area contributed by atoms with Crippen molar-refractivity contribution in [1.82, 2.24) is 0 Å². The zero-order valence-corrected chi connectivity index (χ0v) is 11.9. The average molecular weight is 341 g/mol. The van der Waals surface area contributed by atoms with E-state index in [-0.39, 0.29) is 12.0 Å². The molecule has 1 unspecified atom stereocenters. The van der Waals surface area contributed by atoms with Gasteiger partial charge < -0.3 is 9.84 Å². The van der Waals surface area contributed by atoms with E-state index < -0.39 is 23.8 Å². The Bertz CT molecular complexity index is 660. The molecule has 2 nitrogen and oxygen atoms in total. The van der Waals surface area contributed by atoms with Gasteiger partial charge in [0.2, 0.25) is 0 Å². The lowest BCUT2D eigenvalue weighted by Gasteiger charge is -2.30. The van der Waals surface area contributed by atoms with Crippen molar-refractivity contribution in [3.63, 3.8) is 0 Å². The molecule has 3 rings (SSSR count). The number of halogens is 3. The highest BCUT2D eigenvalue weighted by Crippen LogP contribution is 2.42. The van der Waals surface area contributed by atoms with E-state index in [9.17, 15) is 13.9 Å². The maximum atomic E-state index is 13.8. The summed E-state index contributed by atoms with van der Waals surface area (Å²) in [5, 5.41) is 10.2.